The Morgan fingerprint density at radius 2 is 2.20 bits per heavy atom. The van der Waals surface area contributed by atoms with Crippen LogP contribution in [0.5, 0.6) is 0 Å². The topological polar surface area (TPSA) is 87.1 Å². The van der Waals surface area contributed by atoms with Gasteiger partial charge in [-0.25, -0.2) is 4.79 Å². The Labute approximate surface area is 119 Å². The molecule has 0 saturated carbocycles. The van der Waals surface area contributed by atoms with Crippen molar-refractivity contribution in [3.8, 4) is 0 Å². The average molecular weight is 290 g/mol. The van der Waals surface area contributed by atoms with Crippen LogP contribution in [0.15, 0.2) is 24.3 Å². The van der Waals surface area contributed by atoms with Crippen molar-refractivity contribution in [1.29, 1.82) is 0 Å². The molecule has 6 nitrogen and oxygen atoms in total. The van der Waals surface area contributed by atoms with Crippen LogP contribution in [0.25, 0.3) is 0 Å². The number of anilines is 1. The molecule has 1 heterocycles. The summed E-state index contributed by atoms with van der Waals surface area (Å²) in [6.45, 7) is 1.82. The Bertz CT molecular complexity index is 643. The zero-order chi connectivity index (χ0) is 14.1. The number of urea groups is 1. The molecule has 1 aliphatic rings. The summed E-state index contributed by atoms with van der Waals surface area (Å²) in [5, 5.41) is 24.4. The zero-order valence-electron chi connectivity index (χ0n) is 10.8. The number of nitrogens with one attached hydrogen (secondary N) is 2. The summed E-state index contributed by atoms with van der Waals surface area (Å²) in [6.07, 6.45) is -0.0479. The van der Waals surface area contributed by atoms with Gasteiger partial charge in [-0.1, -0.05) is 35.6 Å². The Balaban J connectivity index is 1.70. The van der Waals surface area contributed by atoms with Gasteiger partial charge in [0.2, 0.25) is 5.13 Å². The molecule has 0 bridgehead atoms. The number of aromatic nitrogens is 2. The first-order valence-corrected chi connectivity index (χ1v) is 7.08. The highest BCUT2D eigenvalue weighted by Gasteiger charge is 2.31. The number of hydrogen-bond acceptors (Lipinski definition) is 5. The molecule has 0 saturated heterocycles. The molecule has 3 N–H and O–H groups in total. The summed E-state index contributed by atoms with van der Waals surface area (Å²) in [6, 6.07) is 6.94. The van der Waals surface area contributed by atoms with Crippen molar-refractivity contribution in [2.24, 2.45) is 0 Å². The molecule has 0 fully saturated rings. The van der Waals surface area contributed by atoms with Crippen LogP contribution in [0.3, 0.4) is 0 Å². The van der Waals surface area contributed by atoms with Crippen molar-refractivity contribution in [2.75, 3.05) is 5.32 Å². The van der Waals surface area contributed by atoms with Gasteiger partial charge >= 0.3 is 6.03 Å². The van der Waals surface area contributed by atoms with Gasteiger partial charge in [0.05, 0.1) is 12.1 Å². The summed E-state index contributed by atoms with van der Waals surface area (Å²) in [7, 11) is 0. The van der Waals surface area contributed by atoms with E-state index < -0.39 is 6.10 Å². The van der Waals surface area contributed by atoms with E-state index in [1.54, 1.807) is 0 Å². The van der Waals surface area contributed by atoms with Gasteiger partial charge in [0.25, 0.3) is 0 Å². The summed E-state index contributed by atoms with van der Waals surface area (Å²) < 4.78 is 0. The van der Waals surface area contributed by atoms with E-state index in [-0.39, 0.29) is 12.1 Å². The van der Waals surface area contributed by atoms with Crippen molar-refractivity contribution in [2.45, 2.75) is 25.5 Å². The molecule has 2 aromatic rings. The molecule has 3 rings (SSSR count). The van der Waals surface area contributed by atoms with E-state index in [9.17, 15) is 9.90 Å². The maximum absolute atomic E-state index is 11.9. The van der Waals surface area contributed by atoms with Crippen molar-refractivity contribution < 1.29 is 9.90 Å². The lowest BCUT2D eigenvalue weighted by Gasteiger charge is -2.17. The Hall–Kier alpha value is -1.99. The summed E-state index contributed by atoms with van der Waals surface area (Å²) in [5.41, 5.74) is 2.03. The third-order valence-corrected chi connectivity index (χ3v) is 3.99. The number of fused-ring (bicyclic) bond motifs is 1. The van der Waals surface area contributed by atoms with Crippen molar-refractivity contribution in [3.63, 3.8) is 0 Å². The first kappa shape index (κ1) is 13.0. The molecule has 20 heavy (non-hydrogen) atoms. The van der Waals surface area contributed by atoms with Gasteiger partial charge in [-0.2, -0.15) is 0 Å². The Morgan fingerprint density at radius 1 is 1.40 bits per heavy atom. The smallest absolute Gasteiger partial charge is 0.321 e. The predicted octanol–water partition coefficient (Wildman–Crippen LogP) is 1.63. The quantitative estimate of drug-likeness (QED) is 0.784. The second-order valence-corrected chi connectivity index (χ2v) is 5.85. The van der Waals surface area contributed by atoms with Crippen molar-refractivity contribution in [3.05, 3.63) is 40.4 Å². The summed E-state index contributed by atoms with van der Waals surface area (Å²) in [4.78, 5) is 11.9. The van der Waals surface area contributed by atoms with Crippen LogP contribution in [0.2, 0.25) is 0 Å². The van der Waals surface area contributed by atoms with Crippen LogP contribution in [-0.2, 0) is 6.42 Å². The highest BCUT2D eigenvalue weighted by molar-refractivity contribution is 7.15. The lowest BCUT2D eigenvalue weighted by atomic mass is 10.1. The number of rotatable bonds is 2. The molecule has 7 heteroatoms. The highest BCUT2D eigenvalue weighted by atomic mass is 32.1. The van der Waals surface area contributed by atoms with Gasteiger partial charge in [0, 0.05) is 6.42 Å². The zero-order valence-corrected chi connectivity index (χ0v) is 11.6. The minimum atomic E-state index is -0.602. The molecule has 0 radical (unpaired) electrons. The van der Waals surface area contributed by atoms with Crippen LogP contribution in [0.4, 0.5) is 9.93 Å². The third-order valence-electron chi connectivity index (χ3n) is 3.24. The lowest BCUT2D eigenvalue weighted by molar-refractivity contribution is 0.144. The number of aryl methyl sites for hydroxylation is 1. The van der Waals surface area contributed by atoms with E-state index in [0.29, 0.717) is 11.6 Å². The van der Waals surface area contributed by atoms with E-state index in [0.717, 1.165) is 16.1 Å². The van der Waals surface area contributed by atoms with E-state index in [2.05, 4.69) is 20.8 Å². The maximum Gasteiger partial charge on any atom is 0.321 e. The molecule has 2 atom stereocenters. The molecule has 0 aliphatic heterocycles. The Morgan fingerprint density at radius 3 is 2.95 bits per heavy atom. The van der Waals surface area contributed by atoms with Crippen LogP contribution in [0, 0.1) is 6.92 Å². The SMILES string of the molecule is Cc1nnc(NC(=O)N[C@H]2c3ccccc3C[C@H]2O)s1. The number of aliphatic hydroxyl groups excluding tert-OH is 1. The van der Waals surface area contributed by atoms with Gasteiger partial charge < -0.3 is 10.4 Å². The van der Waals surface area contributed by atoms with Crippen molar-refractivity contribution in [1.82, 2.24) is 15.5 Å². The van der Waals surface area contributed by atoms with Gasteiger partial charge in [-0.15, -0.1) is 10.2 Å². The van der Waals surface area contributed by atoms with Crippen LogP contribution in [-0.4, -0.2) is 27.4 Å². The number of aliphatic hydroxyl groups is 1. The van der Waals surface area contributed by atoms with E-state index in [1.807, 2.05) is 31.2 Å². The summed E-state index contributed by atoms with van der Waals surface area (Å²) >= 11 is 1.30. The maximum atomic E-state index is 11.9. The largest absolute Gasteiger partial charge is 0.390 e. The third kappa shape index (κ3) is 2.50. The number of carbonyl (C=O) groups excluding carboxylic acids is 1. The minimum Gasteiger partial charge on any atom is -0.390 e. The van der Waals surface area contributed by atoms with E-state index >= 15 is 0 Å². The predicted molar refractivity (Wildman–Crippen MR) is 75.7 cm³/mol. The average Bonchev–Trinajstić information content (AvgIpc) is 2.94. The van der Waals surface area contributed by atoms with Crippen LogP contribution >= 0.6 is 11.3 Å². The van der Waals surface area contributed by atoms with Gasteiger partial charge in [0.15, 0.2) is 0 Å². The monoisotopic (exact) mass is 290 g/mol. The normalized spacial score (nSPS) is 20.5. The first-order chi connectivity index (χ1) is 9.63. The Kier molecular flexibility index (Phi) is 3.37. The van der Waals surface area contributed by atoms with Crippen molar-refractivity contribution >= 4 is 22.5 Å². The standard InChI is InChI=1S/C13H14N4O2S/c1-7-16-17-13(20-7)15-12(19)14-11-9-5-3-2-4-8(9)6-10(11)18/h2-5,10-11,18H,6H2,1H3,(H2,14,15,17,19)/t10-,11+/m1/s1. The first-order valence-electron chi connectivity index (χ1n) is 6.27. The number of nitrogens with zero attached hydrogens (tertiary/aromatic N) is 2. The van der Waals surface area contributed by atoms with E-state index in [1.165, 1.54) is 11.3 Å². The highest BCUT2D eigenvalue weighted by Crippen LogP contribution is 2.31. The fraction of sp³-hybridized carbons (Fsp3) is 0.308. The number of benzene rings is 1. The second-order valence-electron chi connectivity index (χ2n) is 4.67. The minimum absolute atomic E-state index is 0.387. The van der Waals surface area contributed by atoms with Gasteiger partial charge in [-0.05, 0) is 18.1 Å². The molecule has 2 amide bonds. The van der Waals surface area contributed by atoms with Crippen LogP contribution < -0.4 is 10.6 Å². The van der Waals surface area contributed by atoms with Gasteiger partial charge in [-0.3, -0.25) is 5.32 Å². The van der Waals surface area contributed by atoms with Crippen LogP contribution in [0.1, 0.15) is 22.2 Å². The molecular weight excluding hydrogens is 276 g/mol. The number of hydrogen-bond donors (Lipinski definition) is 3. The number of carbonyl (C=O) groups is 1. The molecule has 1 aromatic heterocycles. The fourth-order valence-electron chi connectivity index (χ4n) is 2.37. The molecule has 104 valence electrons. The molecule has 0 unspecified atom stereocenters. The summed E-state index contributed by atoms with van der Waals surface area (Å²) in [5.74, 6) is 0. The second kappa shape index (κ2) is 5.18. The van der Waals surface area contributed by atoms with E-state index in [4.69, 9.17) is 0 Å². The molecular formula is C13H14N4O2S. The molecule has 0 spiro atoms. The van der Waals surface area contributed by atoms with Gasteiger partial charge in [0.1, 0.15) is 5.01 Å². The lowest BCUT2D eigenvalue weighted by Crippen LogP contribution is -2.36. The number of amides is 2. The molecule has 1 aliphatic carbocycles. The molecule has 1 aromatic carbocycles. The fourth-order valence-corrected chi connectivity index (χ4v) is 2.96.